The number of Topliss-reactive ketones (excluding diaryl/α,β-unsaturated/α-hetero) is 1. The molecule has 3 aliphatic carbocycles. The first-order chi connectivity index (χ1) is 25.8. The topological polar surface area (TPSA) is 198 Å². The average Bonchev–Trinajstić information content (AvgIpc) is 4.00. The summed E-state index contributed by atoms with van der Waals surface area (Å²) >= 11 is 0. The quantitative estimate of drug-likeness (QED) is 0.210. The third-order valence-electron chi connectivity index (χ3n) is 11.0. The zero-order chi connectivity index (χ0) is 38.8. The second kappa shape index (κ2) is 16.1. The van der Waals surface area contributed by atoms with Crippen LogP contribution in [0.2, 0.25) is 0 Å². The van der Waals surface area contributed by atoms with Crippen molar-refractivity contribution < 1.29 is 51.0 Å². The number of hydrogen-bond donors (Lipinski definition) is 3. The molecule has 1 aromatic rings. The number of ether oxygens (including phenoxy) is 2. The van der Waals surface area contributed by atoms with E-state index in [0.717, 1.165) is 17.7 Å². The molecule has 0 unspecified atom stereocenters. The number of nitrogens with one attached hydrogen (secondary N) is 3. The largest absolute Gasteiger partial charge is 0.450 e. The van der Waals surface area contributed by atoms with Gasteiger partial charge in [-0.25, -0.2) is 22.4 Å². The van der Waals surface area contributed by atoms with Gasteiger partial charge in [0.05, 0.1) is 24.9 Å². The molecule has 294 valence electrons. The second-order valence-corrected chi connectivity index (χ2v) is 16.8. The summed E-state index contributed by atoms with van der Waals surface area (Å²) in [6.07, 6.45) is 3.01. The summed E-state index contributed by atoms with van der Waals surface area (Å²) in [7, 11) is -3.93. The number of carbonyl (C=O) groups is 6. The van der Waals surface area contributed by atoms with Gasteiger partial charge in [0.2, 0.25) is 21.8 Å². The highest BCUT2D eigenvalue weighted by molar-refractivity contribution is 7.91. The molecule has 5 atom stereocenters. The van der Waals surface area contributed by atoms with Crippen LogP contribution in [0.5, 0.6) is 0 Å². The molecule has 0 radical (unpaired) electrons. The predicted octanol–water partition coefficient (Wildman–Crippen LogP) is 3.11. The lowest BCUT2D eigenvalue weighted by molar-refractivity contribution is -0.141. The SMILES string of the molecule is CCCCOC(=O)N[C@@H](CCC(=O)C1=CCC1)C(=O)N1C[C@@H](OC(=O)N2Cc3cccc(F)c3C2)C[C@H]1C(=O)N[C@@]1(C(=O)NS(=O)(=O)C2CC2)C[C@@H]1CC. The summed E-state index contributed by atoms with van der Waals surface area (Å²) in [5, 5.41) is 4.63. The maximum atomic E-state index is 14.4. The lowest BCUT2D eigenvalue weighted by Crippen LogP contribution is -2.58. The summed E-state index contributed by atoms with van der Waals surface area (Å²) < 4.78 is 53.0. The highest BCUT2D eigenvalue weighted by atomic mass is 32.2. The van der Waals surface area contributed by atoms with Crippen LogP contribution in [0, 0.1) is 11.7 Å². The Bertz CT molecular complexity index is 1830. The Labute approximate surface area is 313 Å². The van der Waals surface area contributed by atoms with Crippen molar-refractivity contribution in [2.45, 2.75) is 127 Å². The third kappa shape index (κ3) is 8.55. The van der Waals surface area contributed by atoms with Crippen LogP contribution < -0.4 is 15.4 Å². The molecule has 54 heavy (non-hydrogen) atoms. The van der Waals surface area contributed by atoms with Gasteiger partial charge >= 0.3 is 12.2 Å². The van der Waals surface area contributed by atoms with E-state index in [0.29, 0.717) is 48.8 Å². The first kappa shape index (κ1) is 39.2. The smallest absolute Gasteiger partial charge is 0.410 e. The number of allylic oxidation sites excluding steroid dienone is 2. The minimum absolute atomic E-state index is 0.0312. The number of ketones is 1. The number of halogens is 1. The molecule has 3 fully saturated rings. The number of carbonyl (C=O) groups excluding carboxylic acids is 6. The van der Waals surface area contributed by atoms with Gasteiger partial charge in [0.15, 0.2) is 5.78 Å². The minimum atomic E-state index is -3.93. The number of amides is 5. The van der Waals surface area contributed by atoms with Gasteiger partial charge in [-0.3, -0.25) is 28.8 Å². The van der Waals surface area contributed by atoms with Gasteiger partial charge in [-0.1, -0.05) is 44.9 Å². The number of likely N-dealkylation sites (tertiary alicyclic amines) is 1. The van der Waals surface area contributed by atoms with Gasteiger partial charge in [0, 0.05) is 24.9 Å². The molecule has 17 heteroatoms. The Morgan fingerprint density at radius 1 is 1.09 bits per heavy atom. The van der Waals surface area contributed by atoms with E-state index < -0.39 is 74.7 Å². The summed E-state index contributed by atoms with van der Waals surface area (Å²) in [4.78, 5) is 83.5. The molecule has 0 aromatic heterocycles. The summed E-state index contributed by atoms with van der Waals surface area (Å²) in [5.74, 6) is -3.35. The summed E-state index contributed by atoms with van der Waals surface area (Å²) in [6, 6.07) is 1.95. The Hall–Kier alpha value is -4.54. The van der Waals surface area contributed by atoms with E-state index in [-0.39, 0.29) is 63.6 Å². The summed E-state index contributed by atoms with van der Waals surface area (Å²) in [5.41, 5.74) is 0.0978. The van der Waals surface area contributed by atoms with Crippen molar-refractivity contribution in [3.05, 3.63) is 46.8 Å². The zero-order valence-corrected chi connectivity index (χ0v) is 31.4. The van der Waals surface area contributed by atoms with Crippen molar-refractivity contribution in [1.82, 2.24) is 25.2 Å². The molecule has 3 N–H and O–H groups in total. The average molecular weight is 774 g/mol. The Morgan fingerprint density at radius 2 is 1.85 bits per heavy atom. The van der Waals surface area contributed by atoms with Gasteiger partial charge in [-0.15, -0.1) is 0 Å². The van der Waals surface area contributed by atoms with Crippen molar-refractivity contribution >= 4 is 45.7 Å². The van der Waals surface area contributed by atoms with E-state index >= 15 is 0 Å². The van der Waals surface area contributed by atoms with Gasteiger partial charge in [-0.05, 0) is 68.1 Å². The Morgan fingerprint density at radius 3 is 2.48 bits per heavy atom. The molecular weight excluding hydrogens is 725 g/mol. The molecular formula is C37H48FN5O10S. The molecule has 5 amide bonds. The molecule has 1 aromatic carbocycles. The van der Waals surface area contributed by atoms with E-state index in [1.54, 1.807) is 19.1 Å². The predicted molar refractivity (Wildman–Crippen MR) is 190 cm³/mol. The molecule has 2 saturated carbocycles. The number of rotatable bonds is 16. The van der Waals surface area contributed by atoms with Crippen LogP contribution in [-0.4, -0.2) is 96.0 Å². The van der Waals surface area contributed by atoms with Crippen LogP contribution >= 0.6 is 0 Å². The third-order valence-corrected chi connectivity index (χ3v) is 12.8. The summed E-state index contributed by atoms with van der Waals surface area (Å²) in [6.45, 7) is 3.62. The van der Waals surface area contributed by atoms with Crippen LogP contribution in [-0.2, 0) is 51.8 Å². The van der Waals surface area contributed by atoms with Crippen LogP contribution in [0.1, 0.15) is 95.6 Å². The van der Waals surface area contributed by atoms with Gasteiger partial charge < -0.3 is 25.0 Å². The number of sulfonamides is 1. The monoisotopic (exact) mass is 773 g/mol. The molecule has 0 spiro atoms. The van der Waals surface area contributed by atoms with E-state index in [1.165, 1.54) is 11.0 Å². The van der Waals surface area contributed by atoms with Crippen LogP contribution in [0.25, 0.3) is 0 Å². The molecule has 0 bridgehead atoms. The van der Waals surface area contributed by atoms with E-state index in [9.17, 15) is 41.6 Å². The fourth-order valence-corrected chi connectivity index (χ4v) is 8.69. The molecule has 2 heterocycles. The number of fused-ring (bicyclic) bond motifs is 1. The fourth-order valence-electron chi connectivity index (χ4n) is 7.33. The van der Waals surface area contributed by atoms with E-state index in [4.69, 9.17) is 9.47 Å². The highest BCUT2D eigenvalue weighted by Gasteiger charge is 2.62. The molecule has 6 rings (SSSR count). The maximum Gasteiger partial charge on any atom is 0.410 e. The number of benzene rings is 1. The van der Waals surface area contributed by atoms with Crippen LogP contribution in [0.15, 0.2) is 29.8 Å². The minimum Gasteiger partial charge on any atom is -0.450 e. The molecule has 2 aliphatic heterocycles. The van der Waals surface area contributed by atoms with Crippen molar-refractivity contribution in [3.8, 4) is 0 Å². The molecule has 15 nitrogen and oxygen atoms in total. The maximum absolute atomic E-state index is 14.4. The normalized spacial score (nSPS) is 24.7. The molecule has 1 saturated heterocycles. The Balaban J connectivity index is 1.22. The number of nitrogens with zero attached hydrogens (tertiary/aromatic N) is 2. The van der Waals surface area contributed by atoms with E-state index in [1.807, 2.05) is 13.0 Å². The van der Waals surface area contributed by atoms with Gasteiger partial charge in [-0.2, -0.15) is 0 Å². The fraction of sp³-hybridized carbons (Fsp3) is 0.622. The second-order valence-electron chi connectivity index (χ2n) is 14.8. The van der Waals surface area contributed by atoms with Gasteiger partial charge in [0.1, 0.15) is 29.5 Å². The first-order valence-corrected chi connectivity index (χ1v) is 20.4. The number of hydrogen-bond acceptors (Lipinski definition) is 10. The van der Waals surface area contributed by atoms with Crippen LogP contribution in [0.3, 0.4) is 0 Å². The zero-order valence-electron chi connectivity index (χ0n) is 30.6. The molecule has 5 aliphatic rings. The van der Waals surface area contributed by atoms with Gasteiger partial charge in [0.25, 0.3) is 5.91 Å². The number of unbranched alkanes of at least 4 members (excludes halogenated alkanes) is 1. The number of alkyl carbamates (subject to hydrolysis) is 1. The standard InChI is InChI=1S/C37H48FN5O10S/c1-3-5-16-52-35(48)39-29(14-15-31(44)22-8-6-9-22)33(46)43-20-25(53-36(49)42-19-23-10-7-11-28(38)27(23)21-42)17-30(43)32(45)40-37(18-24(37)4-2)34(47)41-54(50,51)26-12-13-26/h7-8,10-11,24-26,29-30H,3-6,9,12-21H2,1-2H3,(H,39,48)(H,40,45)(H,41,47)/t24-,25-,29-,30-,37-/m0/s1. The highest BCUT2D eigenvalue weighted by Crippen LogP contribution is 2.47. The van der Waals surface area contributed by atoms with Crippen molar-refractivity contribution in [2.75, 3.05) is 13.2 Å². The first-order valence-electron chi connectivity index (χ1n) is 18.8. The van der Waals surface area contributed by atoms with Crippen molar-refractivity contribution in [1.29, 1.82) is 0 Å². The van der Waals surface area contributed by atoms with Crippen molar-refractivity contribution in [2.24, 2.45) is 5.92 Å². The Kier molecular flexibility index (Phi) is 11.6. The lowest BCUT2D eigenvalue weighted by atomic mass is 9.92. The van der Waals surface area contributed by atoms with E-state index in [2.05, 4.69) is 15.4 Å². The van der Waals surface area contributed by atoms with Crippen molar-refractivity contribution in [3.63, 3.8) is 0 Å². The lowest BCUT2D eigenvalue weighted by Gasteiger charge is -2.30. The van der Waals surface area contributed by atoms with Crippen LogP contribution in [0.4, 0.5) is 14.0 Å².